The number of ether oxygens (including phenoxy) is 1. The fraction of sp³-hybridized carbons (Fsp3) is 0.750. The minimum absolute atomic E-state index is 0. The van der Waals surface area contributed by atoms with Crippen LogP contribution >= 0.6 is 0 Å². The van der Waals surface area contributed by atoms with Gasteiger partial charge in [-0.25, -0.2) is 13.6 Å². The summed E-state index contributed by atoms with van der Waals surface area (Å²) in [5.41, 5.74) is -1.76. The molecule has 0 atom stereocenters. The van der Waals surface area contributed by atoms with Gasteiger partial charge >= 0.3 is 64.5 Å². The zero-order valence-electron chi connectivity index (χ0n) is 13.1. The zero-order valence-corrected chi connectivity index (χ0v) is 16.3. The van der Waals surface area contributed by atoms with Crippen LogP contribution in [0.3, 0.4) is 0 Å². The first-order valence-corrected chi connectivity index (χ1v) is 6.58. The third kappa shape index (κ3) is 7.76. The third-order valence-corrected chi connectivity index (χ3v) is 2.86. The number of carbonyl (C=O) groups is 1. The molecule has 0 N–H and O–H groups in total. The van der Waals surface area contributed by atoms with Crippen LogP contribution in [0.15, 0.2) is 11.5 Å². The van der Waals surface area contributed by atoms with Gasteiger partial charge in [0.1, 0.15) is 5.60 Å². The molecule has 10 heteroatoms. The normalized spacial score (nSPS) is 21.1. The molecule has 0 radical (unpaired) electrons. The molecule has 1 saturated heterocycles. The maximum Gasteiger partial charge on any atom is 1.00 e. The van der Waals surface area contributed by atoms with E-state index in [1.54, 1.807) is 20.8 Å². The van der Waals surface area contributed by atoms with E-state index in [4.69, 9.17) is 4.74 Å². The number of carbonyl (C=O) groups excluding carboxylic acids is 1. The number of amides is 1. The fourth-order valence-electron chi connectivity index (χ4n) is 1.93. The molecule has 0 saturated carbocycles. The summed E-state index contributed by atoms with van der Waals surface area (Å²) in [4.78, 5) is 12.8. The largest absolute Gasteiger partial charge is 1.00 e. The zero-order chi connectivity index (χ0) is 16.5. The van der Waals surface area contributed by atoms with Crippen molar-refractivity contribution in [2.24, 2.45) is 0 Å². The van der Waals surface area contributed by atoms with Crippen LogP contribution in [0.4, 0.5) is 26.5 Å². The number of rotatable bonds is 1. The Hall–Kier alpha value is 0.361. The summed E-state index contributed by atoms with van der Waals surface area (Å²) in [6.45, 7) is -1.15. The smallest absolute Gasteiger partial charge is 0.445 e. The van der Waals surface area contributed by atoms with Crippen LogP contribution in [0.25, 0.3) is 0 Å². The minimum Gasteiger partial charge on any atom is -0.445 e. The van der Waals surface area contributed by atoms with Crippen molar-refractivity contribution in [3.63, 3.8) is 0 Å². The Bertz CT molecular complexity index is 434. The Balaban J connectivity index is 0.00000441. The van der Waals surface area contributed by atoms with Gasteiger partial charge in [0.25, 0.3) is 5.92 Å². The topological polar surface area (TPSA) is 29.5 Å². The monoisotopic (exact) mass is 353 g/mol. The number of hydrogen-bond acceptors (Lipinski definition) is 2. The molecule has 1 aliphatic rings. The van der Waals surface area contributed by atoms with E-state index in [1.807, 2.05) is 0 Å². The van der Waals surface area contributed by atoms with E-state index >= 15 is 0 Å². The van der Waals surface area contributed by atoms with Gasteiger partial charge in [0.15, 0.2) is 0 Å². The van der Waals surface area contributed by atoms with E-state index in [9.17, 15) is 26.5 Å². The van der Waals surface area contributed by atoms with E-state index in [-0.39, 0.29) is 70.4 Å². The van der Waals surface area contributed by atoms with Crippen molar-refractivity contribution < 1.29 is 82.6 Å². The molecule has 3 nitrogen and oxygen atoms in total. The van der Waals surface area contributed by atoms with Gasteiger partial charge in [-0.2, -0.15) is 0 Å². The first-order chi connectivity index (χ1) is 9.30. The van der Waals surface area contributed by atoms with Crippen molar-refractivity contribution in [2.75, 3.05) is 13.1 Å². The molecular formula is C12H18BF5KNO2. The predicted molar refractivity (Wildman–Crippen MR) is 69.1 cm³/mol. The van der Waals surface area contributed by atoms with Crippen LogP contribution in [0, 0.1) is 0 Å². The second kappa shape index (κ2) is 7.96. The number of hydrogen-bond donors (Lipinski definition) is 0. The van der Waals surface area contributed by atoms with E-state index in [0.29, 0.717) is 0 Å². The van der Waals surface area contributed by atoms with Gasteiger partial charge in [-0.1, -0.05) is 0 Å². The Morgan fingerprint density at radius 1 is 1.27 bits per heavy atom. The van der Waals surface area contributed by atoms with Crippen molar-refractivity contribution in [2.45, 2.75) is 45.1 Å². The van der Waals surface area contributed by atoms with Crippen LogP contribution in [0.2, 0.25) is 0 Å². The molecule has 1 rings (SSSR count). The van der Waals surface area contributed by atoms with E-state index < -0.39 is 43.0 Å². The van der Waals surface area contributed by atoms with E-state index in [2.05, 4.69) is 0 Å². The quantitative estimate of drug-likeness (QED) is 0.520. The third-order valence-electron chi connectivity index (χ3n) is 2.86. The van der Waals surface area contributed by atoms with Crippen LogP contribution < -0.4 is 51.4 Å². The summed E-state index contributed by atoms with van der Waals surface area (Å²) in [5.74, 6) is -3.87. The first kappa shape index (κ1) is 22.4. The van der Waals surface area contributed by atoms with Gasteiger partial charge in [0.05, 0.1) is 0 Å². The van der Waals surface area contributed by atoms with Crippen molar-refractivity contribution in [1.82, 2.24) is 4.90 Å². The van der Waals surface area contributed by atoms with Gasteiger partial charge in [-0.05, 0) is 32.8 Å². The van der Waals surface area contributed by atoms with Gasteiger partial charge in [0.2, 0.25) is 0 Å². The Labute approximate surface area is 169 Å². The van der Waals surface area contributed by atoms with Crippen LogP contribution in [0.1, 0.15) is 33.6 Å². The molecule has 22 heavy (non-hydrogen) atoms. The Morgan fingerprint density at radius 2 is 1.82 bits per heavy atom. The van der Waals surface area contributed by atoms with Gasteiger partial charge in [0, 0.05) is 19.5 Å². The molecule has 0 aromatic carbocycles. The van der Waals surface area contributed by atoms with E-state index in [1.165, 1.54) is 0 Å². The number of alkyl halides is 2. The minimum atomic E-state index is -5.44. The van der Waals surface area contributed by atoms with Crippen molar-refractivity contribution >= 4 is 13.1 Å². The van der Waals surface area contributed by atoms with Crippen molar-refractivity contribution in [1.29, 1.82) is 0 Å². The summed E-state index contributed by atoms with van der Waals surface area (Å²) >= 11 is 0. The van der Waals surface area contributed by atoms with Crippen LogP contribution in [-0.2, 0) is 4.74 Å². The molecule has 1 heterocycles. The second-order valence-corrected chi connectivity index (χ2v) is 5.99. The van der Waals surface area contributed by atoms with Crippen LogP contribution in [0.5, 0.6) is 0 Å². The first-order valence-electron chi connectivity index (χ1n) is 6.58. The molecule has 0 spiro atoms. The second-order valence-electron chi connectivity index (χ2n) is 5.99. The average Bonchev–Trinajstić information content (AvgIpc) is 2.35. The summed E-state index contributed by atoms with van der Waals surface area (Å²) < 4.78 is 69.5. The maximum absolute atomic E-state index is 13.7. The van der Waals surface area contributed by atoms with Crippen LogP contribution in [-0.4, -0.2) is 42.6 Å². The summed E-state index contributed by atoms with van der Waals surface area (Å²) in [5, 5.41) is 0. The average molecular weight is 353 g/mol. The Morgan fingerprint density at radius 3 is 2.27 bits per heavy atom. The SMILES string of the molecule is CC(C)(C)OC(=O)N1CC/C(=C\[B-](F)(F)F)C(F)(F)CC1.[K+]. The molecule has 122 valence electrons. The maximum atomic E-state index is 13.7. The summed E-state index contributed by atoms with van der Waals surface area (Å²) in [6.07, 6.45) is -2.16. The Kier molecular flexibility index (Phi) is 8.09. The molecule has 0 aliphatic carbocycles. The molecular weight excluding hydrogens is 335 g/mol. The molecule has 1 aliphatic heterocycles. The van der Waals surface area contributed by atoms with Crippen molar-refractivity contribution in [3.05, 3.63) is 11.5 Å². The summed E-state index contributed by atoms with van der Waals surface area (Å²) in [6, 6.07) is 0. The van der Waals surface area contributed by atoms with E-state index in [0.717, 1.165) is 4.90 Å². The molecule has 1 amide bonds. The standard InChI is InChI=1S/C12H18BF5NO2.K/c1-11(2,3)21-10(20)19-6-4-9(8-13(16,17)18)12(14,15)5-7-19;/h8H,4-7H2,1-3H3;/q-1;+1/b9-8+;. The molecule has 0 bridgehead atoms. The predicted octanol–water partition coefficient (Wildman–Crippen LogP) is 0.970. The van der Waals surface area contributed by atoms with Gasteiger partial charge < -0.3 is 22.6 Å². The van der Waals surface area contributed by atoms with Gasteiger partial charge in [-0.15, -0.1) is 5.98 Å². The number of nitrogens with zero attached hydrogens (tertiary/aromatic N) is 1. The molecule has 0 aromatic rings. The number of halogens is 5. The number of likely N-dealkylation sites (tertiary alicyclic amines) is 1. The fourth-order valence-corrected chi connectivity index (χ4v) is 1.93. The summed E-state index contributed by atoms with van der Waals surface area (Å²) in [7, 11) is 0. The molecule has 0 aromatic heterocycles. The molecule has 1 fully saturated rings. The van der Waals surface area contributed by atoms with Crippen molar-refractivity contribution in [3.8, 4) is 0 Å². The van der Waals surface area contributed by atoms with Gasteiger partial charge in [-0.3, -0.25) is 0 Å². The molecule has 0 unspecified atom stereocenters.